The van der Waals surface area contributed by atoms with Crippen molar-refractivity contribution in [1.29, 1.82) is 0 Å². The lowest BCUT2D eigenvalue weighted by atomic mass is 10.0. The van der Waals surface area contributed by atoms with Gasteiger partial charge in [-0.15, -0.1) is 0 Å². The predicted molar refractivity (Wildman–Crippen MR) is 120 cm³/mol. The van der Waals surface area contributed by atoms with Crippen molar-refractivity contribution in [3.05, 3.63) is 95.8 Å². The molecule has 1 heterocycles. The van der Waals surface area contributed by atoms with Gasteiger partial charge in [0.05, 0.1) is 16.8 Å². The van der Waals surface area contributed by atoms with Gasteiger partial charge in [-0.3, -0.25) is 4.57 Å². The van der Waals surface area contributed by atoms with Crippen molar-refractivity contribution < 1.29 is 31.4 Å². The van der Waals surface area contributed by atoms with E-state index < -0.39 is 29.1 Å². The zero-order chi connectivity index (χ0) is 25.6. The Balaban J connectivity index is 1.91. The van der Waals surface area contributed by atoms with E-state index in [1.54, 1.807) is 24.3 Å². The van der Waals surface area contributed by atoms with Crippen LogP contribution in [-0.4, -0.2) is 14.7 Å². The highest BCUT2D eigenvalue weighted by atomic mass is 19.4. The number of imidazole rings is 1. The van der Waals surface area contributed by atoms with Crippen LogP contribution >= 0.6 is 0 Å². The van der Waals surface area contributed by atoms with Crippen LogP contribution in [0.25, 0.3) is 28.2 Å². The number of nitrogens with zero attached hydrogens (tertiary/aromatic N) is 2. The fourth-order valence-electron chi connectivity index (χ4n) is 3.70. The van der Waals surface area contributed by atoms with E-state index in [2.05, 4.69) is 4.98 Å². The van der Waals surface area contributed by atoms with Crippen LogP contribution in [0.1, 0.15) is 30.7 Å². The molecule has 0 bridgehead atoms. The molecule has 0 aliphatic carbocycles. The molecule has 0 fully saturated rings. The molecule has 0 unspecified atom stereocenters. The second-order valence-electron chi connectivity index (χ2n) is 8.55. The first-order chi connectivity index (χ1) is 16.2. The fourth-order valence-corrected chi connectivity index (χ4v) is 3.70. The number of aromatic nitrogens is 2. The summed E-state index contributed by atoms with van der Waals surface area (Å²) in [7, 11) is 0. The van der Waals surface area contributed by atoms with E-state index in [-0.39, 0.29) is 17.1 Å². The van der Waals surface area contributed by atoms with Crippen molar-refractivity contribution in [3.63, 3.8) is 0 Å². The molecule has 4 rings (SSSR count). The van der Waals surface area contributed by atoms with Gasteiger partial charge in [-0.2, -0.15) is 26.3 Å². The summed E-state index contributed by atoms with van der Waals surface area (Å²) in [6, 6.07) is 16.1. The third kappa shape index (κ3) is 5.09. The first-order valence-electron chi connectivity index (χ1n) is 10.5. The Morgan fingerprint density at radius 3 is 2.00 bits per heavy atom. The van der Waals surface area contributed by atoms with Crippen molar-refractivity contribution in [1.82, 2.24) is 9.55 Å². The normalized spacial score (nSPS) is 12.7. The zero-order valence-electron chi connectivity index (χ0n) is 18.6. The standard InChI is InChI=1S/C26H20F6N2O/c1-24(2,35)22-15-34(23(33-22)20-11-3-4-12-21(20)26(30,31)32)19-10-6-8-17(14-19)16-7-5-9-18(13-16)25(27,28)29/h3-15,35H,1-2H3. The molecule has 0 atom stereocenters. The van der Waals surface area contributed by atoms with Crippen molar-refractivity contribution >= 4 is 0 Å². The van der Waals surface area contributed by atoms with Gasteiger partial charge in [-0.1, -0.05) is 42.5 Å². The first-order valence-corrected chi connectivity index (χ1v) is 10.5. The third-order valence-electron chi connectivity index (χ3n) is 5.45. The van der Waals surface area contributed by atoms with Gasteiger partial charge >= 0.3 is 12.4 Å². The summed E-state index contributed by atoms with van der Waals surface area (Å²) in [4.78, 5) is 4.32. The number of aliphatic hydroxyl groups is 1. The van der Waals surface area contributed by atoms with Crippen LogP contribution in [0.2, 0.25) is 0 Å². The minimum atomic E-state index is -4.65. The van der Waals surface area contributed by atoms with E-state index in [9.17, 15) is 31.4 Å². The van der Waals surface area contributed by atoms with Crippen LogP contribution in [0.5, 0.6) is 0 Å². The number of hydrogen-bond acceptors (Lipinski definition) is 2. The second-order valence-corrected chi connectivity index (χ2v) is 8.55. The van der Waals surface area contributed by atoms with Gasteiger partial charge in [0.25, 0.3) is 0 Å². The number of hydrogen-bond donors (Lipinski definition) is 1. The Morgan fingerprint density at radius 1 is 0.743 bits per heavy atom. The Bertz CT molecular complexity index is 1360. The summed E-state index contributed by atoms with van der Waals surface area (Å²) in [5.74, 6) is -0.0590. The number of rotatable bonds is 4. The molecule has 9 heteroatoms. The van der Waals surface area contributed by atoms with Gasteiger partial charge in [0.1, 0.15) is 11.4 Å². The van der Waals surface area contributed by atoms with E-state index in [4.69, 9.17) is 0 Å². The van der Waals surface area contributed by atoms with Gasteiger partial charge in [-0.05, 0) is 55.3 Å². The van der Waals surface area contributed by atoms with Crippen LogP contribution in [0, 0.1) is 0 Å². The topological polar surface area (TPSA) is 38.0 Å². The minimum absolute atomic E-state index is 0.0590. The summed E-state index contributed by atoms with van der Waals surface area (Å²) >= 11 is 0. The van der Waals surface area contributed by atoms with Crippen LogP contribution in [0.15, 0.2) is 79.0 Å². The maximum absolute atomic E-state index is 13.8. The summed E-state index contributed by atoms with van der Waals surface area (Å²) < 4.78 is 82.2. The number of benzene rings is 3. The predicted octanol–water partition coefficient (Wildman–Crippen LogP) is 7.47. The molecule has 1 N–H and O–H groups in total. The number of alkyl halides is 6. The Kier molecular flexibility index (Phi) is 6.00. The van der Waals surface area contributed by atoms with E-state index >= 15 is 0 Å². The molecule has 0 aliphatic heterocycles. The van der Waals surface area contributed by atoms with Crippen LogP contribution in [-0.2, 0) is 18.0 Å². The van der Waals surface area contributed by atoms with Gasteiger partial charge < -0.3 is 5.11 Å². The van der Waals surface area contributed by atoms with E-state index in [1.807, 2.05) is 0 Å². The monoisotopic (exact) mass is 490 g/mol. The molecule has 35 heavy (non-hydrogen) atoms. The van der Waals surface area contributed by atoms with E-state index in [0.29, 0.717) is 16.8 Å². The maximum Gasteiger partial charge on any atom is 0.417 e. The molecule has 0 spiro atoms. The summed E-state index contributed by atoms with van der Waals surface area (Å²) in [5, 5.41) is 10.5. The molecule has 4 aromatic rings. The molecule has 0 amide bonds. The quantitative estimate of drug-likeness (QED) is 0.301. The molecule has 3 nitrogen and oxygen atoms in total. The lowest BCUT2D eigenvalue weighted by molar-refractivity contribution is -0.138. The zero-order valence-corrected chi connectivity index (χ0v) is 18.6. The lowest BCUT2D eigenvalue weighted by Gasteiger charge is -2.15. The molecule has 0 saturated carbocycles. The summed E-state index contributed by atoms with van der Waals surface area (Å²) in [5.41, 5.74) is -2.13. The molecule has 0 radical (unpaired) electrons. The van der Waals surface area contributed by atoms with Gasteiger partial charge in [0, 0.05) is 17.4 Å². The lowest BCUT2D eigenvalue weighted by Crippen LogP contribution is -2.15. The Hall–Kier alpha value is -3.59. The highest BCUT2D eigenvalue weighted by Gasteiger charge is 2.35. The Morgan fingerprint density at radius 2 is 1.37 bits per heavy atom. The SMILES string of the molecule is CC(C)(O)c1cn(-c2cccc(-c3cccc(C(F)(F)F)c3)c2)c(-c2ccccc2C(F)(F)F)n1. The molecule has 1 aromatic heterocycles. The second kappa shape index (κ2) is 8.57. The van der Waals surface area contributed by atoms with E-state index in [0.717, 1.165) is 18.2 Å². The van der Waals surface area contributed by atoms with Crippen molar-refractivity contribution in [2.75, 3.05) is 0 Å². The van der Waals surface area contributed by atoms with Crippen molar-refractivity contribution in [2.24, 2.45) is 0 Å². The highest BCUT2D eigenvalue weighted by molar-refractivity contribution is 5.69. The smallest absolute Gasteiger partial charge is 0.384 e. The van der Waals surface area contributed by atoms with Crippen LogP contribution in [0.4, 0.5) is 26.3 Å². The average molecular weight is 490 g/mol. The first kappa shape index (κ1) is 24.5. The van der Waals surface area contributed by atoms with Gasteiger partial charge in [0.15, 0.2) is 0 Å². The minimum Gasteiger partial charge on any atom is -0.384 e. The molecule has 182 valence electrons. The van der Waals surface area contributed by atoms with Crippen LogP contribution in [0.3, 0.4) is 0 Å². The van der Waals surface area contributed by atoms with Crippen molar-refractivity contribution in [2.45, 2.75) is 31.8 Å². The summed E-state index contributed by atoms with van der Waals surface area (Å²) in [6.45, 7) is 2.91. The maximum atomic E-state index is 13.8. The average Bonchev–Trinajstić information content (AvgIpc) is 3.24. The van der Waals surface area contributed by atoms with Crippen LogP contribution < -0.4 is 0 Å². The third-order valence-corrected chi connectivity index (χ3v) is 5.45. The molecular weight excluding hydrogens is 470 g/mol. The number of halogens is 6. The van der Waals surface area contributed by atoms with Gasteiger partial charge in [0.2, 0.25) is 0 Å². The highest BCUT2D eigenvalue weighted by Crippen LogP contribution is 2.39. The molecule has 0 saturated heterocycles. The molecular formula is C26H20F6N2O. The summed E-state index contributed by atoms with van der Waals surface area (Å²) in [6.07, 6.45) is -7.75. The molecule has 0 aliphatic rings. The largest absolute Gasteiger partial charge is 0.417 e. The van der Waals surface area contributed by atoms with Crippen molar-refractivity contribution in [3.8, 4) is 28.2 Å². The fraction of sp³-hybridized carbons (Fsp3) is 0.192. The van der Waals surface area contributed by atoms with Gasteiger partial charge in [-0.25, -0.2) is 4.98 Å². The Labute approximate surface area is 197 Å². The van der Waals surface area contributed by atoms with E-state index in [1.165, 1.54) is 54.9 Å². The molecule has 3 aromatic carbocycles.